The molecule has 0 aliphatic heterocycles. The van der Waals surface area contributed by atoms with Gasteiger partial charge in [-0.15, -0.1) is 0 Å². The van der Waals surface area contributed by atoms with Crippen molar-refractivity contribution in [3.05, 3.63) is 58.1 Å². The van der Waals surface area contributed by atoms with Crippen LogP contribution in [0.25, 0.3) is 0 Å². The summed E-state index contributed by atoms with van der Waals surface area (Å²) in [6, 6.07) is 12.8. The van der Waals surface area contributed by atoms with Crippen LogP contribution in [0.15, 0.2) is 46.9 Å². The summed E-state index contributed by atoms with van der Waals surface area (Å²) < 4.78 is 11.7. The highest BCUT2D eigenvalue weighted by molar-refractivity contribution is 9.10. The number of carbonyl (C=O) groups is 2. The molecule has 2 N–H and O–H groups in total. The average molecular weight is 407 g/mol. The predicted octanol–water partition coefficient (Wildman–Crippen LogP) is 2.67. The fourth-order valence-corrected chi connectivity index (χ4v) is 2.39. The number of hydrogen-bond donors (Lipinski definition) is 2. The third kappa shape index (κ3) is 6.46. The Morgan fingerprint density at radius 2 is 1.52 bits per heavy atom. The van der Waals surface area contributed by atoms with E-state index >= 15 is 0 Å². The number of aryl methyl sites for hydroxylation is 2. The third-order valence-electron chi connectivity index (χ3n) is 3.23. The Balaban J connectivity index is 1.68. The molecule has 0 saturated carbocycles. The summed E-state index contributed by atoms with van der Waals surface area (Å²) in [5.74, 6) is 0.258. The van der Waals surface area contributed by atoms with Gasteiger partial charge in [0.25, 0.3) is 11.8 Å². The maximum Gasteiger partial charge on any atom is 0.276 e. The van der Waals surface area contributed by atoms with E-state index in [-0.39, 0.29) is 13.2 Å². The van der Waals surface area contributed by atoms with Crippen LogP contribution in [0.2, 0.25) is 0 Å². The number of hydrogen-bond acceptors (Lipinski definition) is 4. The molecule has 2 rings (SSSR count). The maximum atomic E-state index is 11.7. The topological polar surface area (TPSA) is 76.7 Å². The molecule has 0 unspecified atom stereocenters. The zero-order valence-corrected chi connectivity index (χ0v) is 15.6. The van der Waals surface area contributed by atoms with Crippen molar-refractivity contribution in [2.45, 2.75) is 13.8 Å². The van der Waals surface area contributed by atoms with Crippen LogP contribution >= 0.6 is 15.9 Å². The molecule has 0 heterocycles. The van der Waals surface area contributed by atoms with Crippen LogP contribution in [0.3, 0.4) is 0 Å². The molecule has 2 amide bonds. The van der Waals surface area contributed by atoms with Gasteiger partial charge in [0.15, 0.2) is 13.2 Å². The second-order valence-corrected chi connectivity index (χ2v) is 6.31. The van der Waals surface area contributed by atoms with E-state index in [4.69, 9.17) is 9.47 Å². The lowest BCUT2D eigenvalue weighted by Crippen LogP contribution is -2.45. The van der Waals surface area contributed by atoms with E-state index in [9.17, 15) is 9.59 Å². The van der Waals surface area contributed by atoms with Gasteiger partial charge in [-0.05, 0) is 49.7 Å². The minimum Gasteiger partial charge on any atom is -0.484 e. The van der Waals surface area contributed by atoms with E-state index in [1.165, 1.54) is 0 Å². The normalized spacial score (nSPS) is 10.0. The summed E-state index contributed by atoms with van der Waals surface area (Å²) in [5.41, 5.74) is 6.55. The summed E-state index contributed by atoms with van der Waals surface area (Å²) in [6.07, 6.45) is 0. The number of hydrazine groups is 1. The number of amides is 2. The van der Waals surface area contributed by atoms with E-state index in [0.717, 1.165) is 15.6 Å². The van der Waals surface area contributed by atoms with Crippen molar-refractivity contribution in [2.75, 3.05) is 13.2 Å². The second-order valence-electron chi connectivity index (χ2n) is 5.40. The molecule has 0 aliphatic carbocycles. The molecule has 132 valence electrons. The number of ether oxygens (including phenoxy) is 2. The van der Waals surface area contributed by atoms with E-state index in [2.05, 4.69) is 26.8 Å². The first-order chi connectivity index (χ1) is 11.9. The lowest BCUT2D eigenvalue weighted by atomic mass is 10.2. The Kier molecular flexibility index (Phi) is 6.82. The highest BCUT2D eigenvalue weighted by Gasteiger charge is 2.08. The van der Waals surface area contributed by atoms with Gasteiger partial charge >= 0.3 is 0 Å². The van der Waals surface area contributed by atoms with Gasteiger partial charge in [0.1, 0.15) is 11.5 Å². The Bertz CT molecular complexity index is 747. The Morgan fingerprint density at radius 3 is 2.12 bits per heavy atom. The van der Waals surface area contributed by atoms with Gasteiger partial charge in [-0.2, -0.15) is 0 Å². The van der Waals surface area contributed by atoms with Crippen molar-refractivity contribution in [3.63, 3.8) is 0 Å². The molecule has 2 aromatic carbocycles. The summed E-state index contributed by atoms with van der Waals surface area (Å²) in [5, 5.41) is 0. The molecule has 6 nitrogen and oxygen atoms in total. The summed E-state index contributed by atoms with van der Waals surface area (Å²) in [7, 11) is 0. The van der Waals surface area contributed by atoms with Crippen molar-refractivity contribution in [2.24, 2.45) is 0 Å². The van der Waals surface area contributed by atoms with Crippen LogP contribution in [0, 0.1) is 13.8 Å². The molecule has 0 fully saturated rings. The number of nitrogens with one attached hydrogen (secondary N) is 2. The molecular weight excluding hydrogens is 388 g/mol. The molecule has 0 atom stereocenters. The highest BCUT2D eigenvalue weighted by atomic mass is 79.9. The van der Waals surface area contributed by atoms with Crippen LogP contribution in [-0.2, 0) is 9.59 Å². The van der Waals surface area contributed by atoms with Gasteiger partial charge < -0.3 is 9.47 Å². The lowest BCUT2D eigenvalue weighted by molar-refractivity contribution is -0.131. The number of halogens is 1. The summed E-state index contributed by atoms with van der Waals surface area (Å²) in [4.78, 5) is 23.4. The fraction of sp³-hybridized carbons (Fsp3) is 0.222. The van der Waals surface area contributed by atoms with Crippen molar-refractivity contribution >= 4 is 27.7 Å². The molecule has 25 heavy (non-hydrogen) atoms. The number of carbonyl (C=O) groups excluding carboxylic acids is 2. The minimum atomic E-state index is -0.467. The van der Waals surface area contributed by atoms with Crippen LogP contribution in [0.5, 0.6) is 11.5 Å². The van der Waals surface area contributed by atoms with E-state index < -0.39 is 11.8 Å². The average Bonchev–Trinajstić information content (AvgIpc) is 2.58. The maximum absolute atomic E-state index is 11.7. The predicted molar refractivity (Wildman–Crippen MR) is 97.3 cm³/mol. The largest absolute Gasteiger partial charge is 0.484 e. The second kappa shape index (κ2) is 9.08. The van der Waals surface area contributed by atoms with E-state index in [1.807, 2.05) is 38.1 Å². The highest BCUT2D eigenvalue weighted by Crippen LogP contribution is 2.21. The summed E-state index contributed by atoms with van der Waals surface area (Å²) in [6.45, 7) is 3.43. The van der Waals surface area contributed by atoms with Crippen LogP contribution in [0.4, 0.5) is 0 Å². The quantitative estimate of drug-likeness (QED) is 0.722. The standard InChI is InChI=1S/C18H19BrN2O4/c1-12-3-6-15(7-4-12)24-10-17(22)20-21-18(23)11-25-16-8-5-14(19)9-13(16)2/h3-9H,10-11H2,1-2H3,(H,20,22)(H,21,23). The van der Waals surface area contributed by atoms with Crippen molar-refractivity contribution in [3.8, 4) is 11.5 Å². The SMILES string of the molecule is Cc1ccc(OCC(=O)NNC(=O)COc2ccc(Br)cc2C)cc1. The van der Waals surface area contributed by atoms with Gasteiger partial charge in [0.05, 0.1) is 0 Å². The smallest absolute Gasteiger partial charge is 0.276 e. The number of rotatable bonds is 6. The first kappa shape index (κ1) is 18.8. The molecule has 0 spiro atoms. The first-order valence-electron chi connectivity index (χ1n) is 7.60. The molecule has 0 radical (unpaired) electrons. The third-order valence-corrected chi connectivity index (χ3v) is 3.72. The van der Waals surface area contributed by atoms with Gasteiger partial charge in [-0.25, -0.2) is 0 Å². The molecular formula is C18H19BrN2O4. The number of benzene rings is 2. The molecule has 0 bridgehead atoms. The zero-order chi connectivity index (χ0) is 18.2. The van der Waals surface area contributed by atoms with E-state index in [0.29, 0.717) is 11.5 Å². The van der Waals surface area contributed by atoms with Crippen molar-refractivity contribution in [1.29, 1.82) is 0 Å². The van der Waals surface area contributed by atoms with Crippen LogP contribution in [-0.4, -0.2) is 25.0 Å². The van der Waals surface area contributed by atoms with Crippen molar-refractivity contribution in [1.82, 2.24) is 10.9 Å². The Morgan fingerprint density at radius 1 is 0.920 bits per heavy atom. The monoisotopic (exact) mass is 406 g/mol. The minimum absolute atomic E-state index is 0.198. The van der Waals surface area contributed by atoms with Crippen LogP contribution in [0.1, 0.15) is 11.1 Å². The molecule has 0 saturated heterocycles. The van der Waals surface area contributed by atoms with Gasteiger partial charge in [0.2, 0.25) is 0 Å². The lowest BCUT2D eigenvalue weighted by Gasteiger charge is -2.11. The van der Waals surface area contributed by atoms with E-state index in [1.54, 1.807) is 18.2 Å². The molecule has 0 aromatic heterocycles. The molecule has 2 aromatic rings. The fourth-order valence-electron chi connectivity index (χ4n) is 1.91. The van der Waals surface area contributed by atoms with Crippen LogP contribution < -0.4 is 20.3 Å². The van der Waals surface area contributed by atoms with Crippen molar-refractivity contribution < 1.29 is 19.1 Å². The van der Waals surface area contributed by atoms with Gasteiger partial charge in [-0.1, -0.05) is 33.6 Å². The molecule has 0 aliphatic rings. The van der Waals surface area contributed by atoms with Gasteiger partial charge in [0, 0.05) is 4.47 Å². The Hall–Kier alpha value is -2.54. The first-order valence-corrected chi connectivity index (χ1v) is 8.39. The zero-order valence-electron chi connectivity index (χ0n) is 14.0. The Labute approximate surface area is 154 Å². The molecule has 7 heteroatoms. The van der Waals surface area contributed by atoms with Gasteiger partial charge in [-0.3, -0.25) is 20.4 Å². The summed E-state index contributed by atoms with van der Waals surface area (Å²) >= 11 is 3.36.